The minimum Gasteiger partial charge on any atom is -0.465 e. The summed E-state index contributed by atoms with van der Waals surface area (Å²) < 4.78 is 40.0. The molecule has 6 nitrogen and oxygen atoms in total. The van der Waals surface area contributed by atoms with Crippen LogP contribution >= 0.6 is 0 Å². The first-order chi connectivity index (χ1) is 15.4. The van der Waals surface area contributed by atoms with Crippen molar-refractivity contribution in [2.45, 2.75) is 11.8 Å². The van der Waals surface area contributed by atoms with E-state index < -0.39 is 16.0 Å². The third-order valence-corrected chi connectivity index (χ3v) is 6.90. The number of hydrogen-bond donors (Lipinski definition) is 1. The minimum absolute atomic E-state index is 0.150. The van der Waals surface area contributed by atoms with Crippen molar-refractivity contribution >= 4 is 54.2 Å². The Morgan fingerprint density at radius 2 is 1.56 bits per heavy atom. The lowest BCUT2D eigenvalue weighted by atomic mass is 10.0. The Morgan fingerprint density at radius 3 is 2.31 bits per heavy atom. The molecule has 5 aromatic rings. The Morgan fingerprint density at radius 1 is 0.875 bits per heavy atom. The summed E-state index contributed by atoms with van der Waals surface area (Å²) in [5.41, 5.74) is 1.14. The highest BCUT2D eigenvalue weighted by molar-refractivity contribution is 7.92. The second kappa shape index (κ2) is 7.39. The molecule has 0 saturated carbocycles. The molecule has 0 saturated heterocycles. The predicted molar refractivity (Wildman–Crippen MR) is 125 cm³/mol. The zero-order chi connectivity index (χ0) is 22.5. The molecule has 0 bridgehead atoms. The van der Waals surface area contributed by atoms with Crippen molar-refractivity contribution in [2.75, 3.05) is 11.8 Å². The van der Waals surface area contributed by atoms with Crippen molar-refractivity contribution in [1.82, 2.24) is 0 Å². The molecular formula is C25H19NO5S. The van der Waals surface area contributed by atoms with E-state index in [4.69, 9.17) is 9.15 Å². The van der Waals surface area contributed by atoms with Crippen LogP contribution in [0.5, 0.6) is 0 Å². The average Bonchev–Trinajstić information content (AvgIpc) is 3.14. The highest BCUT2D eigenvalue weighted by Crippen LogP contribution is 2.37. The molecule has 0 aliphatic carbocycles. The summed E-state index contributed by atoms with van der Waals surface area (Å²) >= 11 is 0. The van der Waals surface area contributed by atoms with Crippen LogP contribution in [0.15, 0.2) is 82.1 Å². The fourth-order valence-electron chi connectivity index (χ4n) is 4.02. The van der Waals surface area contributed by atoms with Crippen LogP contribution in [0.4, 0.5) is 5.69 Å². The van der Waals surface area contributed by atoms with Gasteiger partial charge in [0.05, 0.1) is 17.7 Å². The van der Waals surface area contributed by atoms with Crippen molar-refractivity contribution in [3.63, 3.8) is 0 Å². The van der Waals surface area contributed by atoms with Crippen LogP contribution in [0.1, 0.15) is 16.1 Å². The van der Waals surface area contributed by atoms with E-state index in [9.17, 15) is 13.2 Å². The van der Waals surface area contributed by atoms with E-state index in [1.165, 1.54) is 7.11 Å². The largest absolute Gasteiger partial charge is 0.465 e. The number of nitrogens with one attached hydrogen (secondary N) is 1. The van der Waals surface area contributed by atoms with Crippen molar-refractivity contribution in [3.05, 3.63) is 84.1 Å². The lowest BCUT2D eigenvalue weighted by Gasteiger charge is -2.12. The summed E-state index contributed by atoms with van der Waals surface area (Å²) in [4.78, 5) is 12.5. The Balaban J connectivity index is 1.70. The third-order valence-electron chi connectivity index (χ3n) is 5.54. The number of anilines is 1. The molecule has 0 amide bonds. The van der Waals surface area contributed by atoms with E-state index in [0.29, 0.717) is 33.2 Å². The van der Waals surface area contributed by atoms with E-state index in [0.717, 1.165) is 10.8 Å². The fourth-order valence-corrected chi connectivity index (χ4v) is 5.12. The lowest BCUT2D eigenvalue weighted by molar-refractivity contribution is 0.0600. The van der Waals surface area contributed by atoms with Gasteiger partial charge in [0.15, 0.2) is 0 Å². The topological polar surface area (TPSA) is 85.6 Å². The van der Waals surface area contributed by atoms with Crippen LogP contribution in [0.2, 0.25) is 0 Å². The number of esters is 1. The van der Waals surface area contributed by atoms with E-state index >= 15 is 0 Å². The molecule has 1 aromatic heterocycles. The molecule has 0 spiro atoms. The van der Waals surface area contributed by atoms with Gasteiger partial charge < -0.3 is 9.15 Å². The number of aryl methyl sites for hydroxylation is 1. The molecule has 0 unspecified atom stereocenters. The highest BCUT2D eigenvalue weighted by atomic mass is 32.2. The number of methoxy groups -OCH3 is 1. The summed E-state index contributed by atoms with van der Waals surface area (Å²) in [5, 5.41) is 3.63. The molecule has 32 heavy (non-hydrogen) atoms. The first-order valence-electron chi connectivity index (χ1n) is 9.94. The maximum atomic E-state index is 13.3. The molecule has 160 valence electrons. The summed E-state index contributed by atoms with van der Waals surface area (Å²) in [6.45, 7) is 1.68. The van der Waals surface area contributed by atoms with Gasteiger partial charge in [0, 0.05) is 16.2 Å². The Hall–Kier alpha value is -3.84. The predicted octanol–water partition coefficient (Wildman–Crippen LogP) is 5.64. The summed E-state index contributed by atoms with van der Waals surface area (Å²) in [6.07, 6.45) is 0. The maximum Gasteiger partial charge on any atom is 0.342 e. The van der Waals surface area contributed by atoms with Gasteiger partial charge in [0.25, 0.3) is 10.0 Å². The summed E-state index contributed by atoms with van der Waals surface area (Å²) in [5.74, 6) is -0.133. The first kappa shape index (κ1) is 20.1. The quantitative estimate of drug-likeness (QED) is 0.362. The zero-order valence-corrected chi connectivity index (χ0v) is 18.2. The van der Waals surface area contributed by atoms with E-state index in [1.807, 2.05) is 48.5 Å². The molecule has 1 heterocycles. The number of rotatable bonds is 4. The van der Waals surface area contributed by atoms with Gasteiger partial charge in [0.2, 0.25) is 0 Å². The zero-order valence-electron chi connectivity index (χ0n) is 17.4. The molecule has 5 rings (SSSR count). The number of sulfonamides is 1. The van der Waals surface area contributed by atoms with Crippen LogP contribution in [-0.2, 0) is 14.8 Å². The molecular weight excluding hydrogens is 426 g/mol. The molecule has 0 fully saturated rings. The molecule has 0 atom stereocenters. The minimum atomic E-state index is -3.89. The molecule has 4 aromatic carbocycles. The summed E-state index contributed by atoms with van der Waals surface area (Å²) in [7, 11) is -2.60. The summed E-state index contributed by atoms with van der Waals surface area (Å²) in [6, 6.07) is 21.5. The molecule has 1 N–H and O–H groups in total. The van der Waals surface area contributed by atoms with Gasteiger partial charge in [-0.25, -0.2) is 13.2 Å². The fraction of sp³-hybridized carbons (Fsp3) is 0.0800. The number of furan rings is 1. The number of carbonyl (C=O) groups excluding carboxylic acids is 1. The monoisotopic (exact) mass is 445 g/mol. The number of carbonyl (C=O) groups is 1. The second-order valence-electron chi connectivity index (χ2n) is 7.49. The Bertz CT molecular complexity index is 1630. The molecule has 0 aliphatic rings. The average molecular weight is 445 g/mol. The highest BCUT2D eigenvalue weighted by Gasteiger charge is 2.23. The number of fused-ring (bicyclic) bond motifs is 4. The number of ether oxygens (including phenoxy) is 1. The molecule has 7 heteroatoms. The van der Waals surface area contributed by atoms with E-state index in [-0.39, 0.29) is 10.5 Å². The SMILES string of the molecule is COC(=O)c1c(C)oc2c1cc(NS(=O)(=O)c1ccc3ccccc3c1)c1ccccc12. The Labute approximate surface area is 184 Å². The van der Waals surface area contributed by atoms with Crippen molar-refractivity contribution in [3.8, 4) is 0 Å². The van der Waals surface area contributed by atoms with Crippen LogP contribution in [-0.4, -0.2) is 21.5 Å². The van der Waals surface area contributed by atoms with Crippen LogP contribution in [0.3, 0.4) is 0 Å². The Kier molecular flexibility index (Phi) is 4.64. The number of benzene rings is 4. The maximum absolute atomic E-state index is 13.3. The van der Waals surface area contributed by atoms with Gasteiger partial charge in [0.1, 0.15) is 16.9 Å². The van der Waals surface area contributed by atoms with Gasteiger partial charge in [-0.1, -0.05) is 54.6 Å². The standard InChI is InChI=1S/C25H19NO5S/c1-15-23(25(27)30-2)21-14-22(19-9-5-6-10-20(19)24(21)31-15)26-32(28,29)18-12-11-16-7-3-4-8-17(16)13-18/h3-14,26H,1-2H3. The second-order valence-corrected chi connectivity index (χ2v) is 9.17. The van der Waals surface area contributed by atoms with Crippen molar-refractivity contribution in [1.29, 1.82) is 0 Å². The van der Waals surface area contributed by atoms with Crippen molar-refractivity contribution in [2.24, 2.45) is 0 Å². The van der Waals surface area contributed by atoms with Gasteiger partial charge in [-0.3, -0.25) is 4.72 Å². The van der Waals surface area contributed by atoms with Gasteiger partial charge >= 0.3 is 5.97 Å². The third kappa shape index (κ3) is 3.18. The van der Waals surface area contributed by atoms with Gasteiger partial charge in [-0.15, -0.1) is 0 Å². The van der Waals surface area contributed by atoms with Crippen LogP contribution < -0.4 is 4.72 Å². The molecule has 0 radical (unpaired) electrons. The number of hydrogen-bond acceptors (Lipinski definition) is 5. The smallest absolute Gasteiger partial charge is 0.342 e. The molecule has 0 aliphatic heterocycles. The van der Waals surface area contributed by atoms with Crippen LogP contribution in [0, 0.1) is 6.92 Å². The van der Waals surface area contributed by atoms with Gasteiger partial charge in [-0.2, -0.15) is 0 Å². The first-order valence-corrected chi connectivity index (χ1v) is 11.4. The van der Waals surface area contributed by atoms with Crippen LogP contribution in [0.25, 0.3) is 32.5 Å². The van der Waals surface area contributed by atoms with E-state index in [1.54, 1.807) is 31.2 Å². The van der Waals surface area contributed by atoms with Gasteiger partial charge in [-0.05, 0) is 35.9 Å². The van der Waals surface area contributed by atoms with E-state index in [2.05, 4.69) is 4.72 Å². The van der Waals surface area contributed by atoms with Crippen molar-refractivity contribution < 1.29 is 22.4 Å². The normalized spacial score (nSPS) is 11.8. The lowest BCUT2D eigenvalue weighted by Crippen LogP contribution is -2.13.